The Labute approximate surface area is 98.2 Å². The van der Waals surface area contributed by atoms with Crippen LogP contribution >= 0.6 is 11.8 Å². The van der Waals surface area contributed by atoms with Crippen molar-refractivity contribution in [1.29, 1.82) is 0 Å². The van der Waals surface area contributed by atoms with Crippen LogP contribution in [-0.4, -0.2) is 18.2 Å². The molecule has 0 bridgehead atoms. The van der Waals surface area contributed by atoms with Gasteiger partial charge in [0.2, 0.25) is 0 Å². The van der Waals surface area contributed by atoms with Gasteiger partial charge in [0.25, 0.3) is 0 Å². The van der Waals surface area contributed by atoms with E-state index in [0.717, 1.165) is 10.5 Å². The van der Waals surface area contributed by atoms with Gasteiger partial charge in [-0.3, -0.25) is 9.59 Å². The lowest BCUT2D eigenvalue weighted by atomic mass is 9.91. The highest BCUT2D eigenvalue weighted by Crippen LogP contribution is 2.30. The maximum absolute atomic E-state index is 11.2. The first-order valence-electron chi connectivity index (χ1n) is 5.06. The number of benzene rings is 1. The molecule has 0 unspecified atom stereocenters. The van der Waals surface area contributed by atoms with Crippen LogP contribution < -0.4 is 0 Å². The summed E-state index contributed by atoms with van der Waals surface area (Å²) in [5, 5.41) is 0. The van der Waals surface area contributed by atoms with E-state index >= 15 is 0 Å². The number of rotatable bonds is 2. The molecule has 1 aromatic rings. The van der Waals surface area contributed by atoms with Crippen LogP contribution in [0.2, 0.25) is 0 Å². The number of ether oxygens (including phenoxy) is 1. The van der Waals surface area contributed by atoms with Crippen molar-refractivity contribution in [2.45, 2.75) is 23.7 Å². The summed E-state index contributed by atoms with van der Waals surface area (Å²) in [6.45, 7) is 0. The molecule has 4 heteroatoms. The summed E-state index contributed by atoms with van der Waals surface area (Å²) in [5.74, 6) is -0.868. The largest absolute Gasteiger partial charge is 0.393 e. The van der Waals surface area contributed by atoms with Gasteiger partial charge in [-0.15, -0.1) is 11.8 Å². The zero-order valence-corrected chi connectivity index (χ0v) is 9.75. The fourth-order valence-electron chi connectivity index (χ4n) is 1.82. The number of esters is 2. The van der Waals surface area contributed by atoms with Crippen LogP contribution in [0.25, 0.3) is 0 Å². The lowest BCUT2D eigenvalue weighted by Gasteiger charge is -2.20. The molecule has 1 heterocycles. The average molecular weight is 236 g/mol. The summed E-state index contributed by atoms with van der Waals surface area (Å²) in [7, 11) is 0. The van der Waals surface area contributed by atoms with Crippen LogP contribution in [0.4, 0.5) is 0 Å². The van der Waals surface area contributed by atoms with Crippen LogP contribution in [0.1, 0.15) is 24.3 Å². The summed E-state index contributed by atoms with van der Waals surface area (Å²) in [6, 6.07) is 7.94. The number of carbonyl (C=O) groups is 2. The molecule has 0 aromatic heterocycles. The van der Waals surface area contributed by atoms with E-state index in [1.165, 1.54) is 0 Å². The Morgan fingerprint density at radius 3 is 2.56 bits per heavy atom. The summed E-state index contributed by atoms with van der Waals surface area (Å²) in [6.07, 6.45) is 2.59. The Morgan fingerprint density at radius 1 is 1.25 bits per heavy atom. The van der Waals surface area contributed by atoms with Crippen LogP contribution in [0.5, 0.6) is 0 Å². The maximum Gasteiger partial charge on any atom is 0.314 e. The molecule has 0 spiro atoms. The summed E-state index contributed by atoms with van der Waals surface area (Å²) in [5.41, 5.74) is 1.04. The quantitative estimate of drug-likeness (QED) is 0.449. The van der Waals surface area contributed by atoms with Gasteiger partial charge in [0.15, 0.2) is 0 Å². The average Bonchev–Trinajstić information content (AvgIpc) is 2.28. The van der Waals surface area contributed by atoms with Crippen molar-refractivity contribution in [3.8, 4) is 0 Å². The summed E-state index contributed by atoms with van der Waals surface area (Å²) < 4.78 is 4.51. The highest BCUT2D eigenvalue weighted by Gasteiger charge is 2.28. The lowest BCUT2D eigenvalue weighted by Crippen LogP contribution is -2.24. The number of hydrogen-bond donors (Lipinski definition) is 0. The third kappa shape index (κ3) is 2.44. The second kappa shape index (κ2) is 4.70. The first-order chi connectivity index (χ1) is 7.69. The minimum absolute atomic E-state index is 0.0270. The molecule has 0 saturated carbocycles. The number of thioether (sulfide) groups is 1. The lowest BCUT2D eigenvalue weighted by molar-refractivity contribution is -0.163. The molecule has 1 aliphatic heterocycles. The Kier molecular flexibility index (Phi) is 3.29. The highest BCUT2D eigenvalue weighted by molar-refractivity contribution is 7.98. The Balaban J connectivity index is 2.22. The monoisotopic (exact) mass is 236 g/mol. The molecule has 1 fully saturated rings. The maximum atomic E-state index is 11.2. The predicted molar refractivity (Wildman–Crippen MR) is 61.3 cm³/mol. The van der Waals surface area contributed by atoms with Crippen LogP contribution in [0, 0.1) is 0 Å². The molecule has 84 valence electrons. The fourth-order valence-corrected chi connectivity index (χ4v) is 2.28. The number of cyclic esters (lactones) is 2. The summed E-state index contributed by atoms with van der Waals surface area (Å²) in [4.78, 5) is 23.5. The van der Waals surface area contributed by atoms with E-state index in [2.05, 4.69) is 4.74 Å². The van der Waals surface area contributed by atoms with Gasteiger partial charge < -0.3 is 4.74 Å². The second-order valence-electron chi connectivity index (χ2n) is 3.73. The highest BCUT2D eigenvalue weighted by atomic mass is 32.2. The van der Waals surface area contributed by atoms with Gasteiger partial charge >= 0.3 is 11.9 Å². The van der Waals surface area contributed by atoms with E-state index in [1.807, 2.05) is 30.5 Å². The zero-order valence-electron chi connectivity index (χ0n) is 8.93. The van der Waals surface area contributed by atoms with Gasteiger partial charge in [0.05, 0.1) is 12.8 Å². The van der Waals surface area contributed by atoms with E-state index in [1.54, 1.807) is 11.8 Å². The smallest absolute Gasteiger partial charge is 0.314 e. The third-order valence-corrected chi connectivity index (χ3v) is 3.34. The Hall–Kier alpha value is -1.29. The molecule has 0 aliphatic carbocycles. The minimum Gasteiger partial charge on any atom is -0.393 e. The predicted octanol–water partition coefficient (Wildman–Crippen LogP) is 2.36. The van der Waals surface area contributed by atoms with Crippen LogP contribution in [0.15, 0.2) is 29.2 Å². The minimum atomic E-state index is -0.421. The molecule has 0 radical (unpaired) electrons. The van der Waals surface area contributed by atoms with Gasteiger partial charge in [-0.25, -0.2) is 0 Å². The van der Waals surface area contributed by atoms with Crippen molar-refractivity contribution in [2.75, 3.05) is 6.26 Å². The van der Waals surface area contributed by atoms with Gasteiger partial charge in [0.1, 0.15) is 0 Å². The summed E-state index contributed by atoms with van der Waals surface area (Å²) >= 11 is 1.65. The fraction of sp³-hybridized carbons (Fsp3) is 0.333. The van der Waals surface area contributed by atoms with Crippen molar-refractivity contribution < 1.29 is 14.3 Å². The van der Waals surface area contributed by atoms with E-state index in [-0.39, 0.29) is 5.92 Å². The van der Waals surface area contributed by atoms with Crippen molar-refractivity contribution >= 4 is 23.7 Å². The molecular formula is C12H12O3S. The molecular weight excluding hydrogens is 224 g/mol. The number of carbonyl (C=O) groups excluding carboxylic acids is 2. The van der Waals surface area contributed by atoms with Gasteiger partial charge in [-0.2, -0.15) is 0 Å². The molecule has 1 aromatic carbocycles. The van der Waals surface area contributed by atoms with E-state index in [9.17, 15) is 9.59 Å². The van der Waals surface area contributed by atoms with E-state index in [4.69, 9.17) is 0 Å². The van der Waals surface area contributed by atoms with E-state index < -0.39 is 11.9 Å². The third-order valence-electron chi connectivity index (χ3n) is 2.62. The molecule has 1 aliphatic rings. The Bertz CT molecular complexity index is 412. The topological polar surface area (TPSA) is 43.4 Å². The van der Waals surface area contributed by atoms with Crippen LogP contribution in [0.3, 0.4) is 0 Å². The van der Waals surface area contributed by atoms with Gasteiger partial charge in [-0.05, 0) is 24.0 Å². The molecule has 3 nitrogen and oxygen atoms in total. The van der Waals surface area contributed by atoms with Crippen molar-refractivity contribution in [3.05, 3.63) is 29.8 Å². The molecule has 0 N–H and O–H groups in total. The van der Waals surface area contributed by atoms with Crippen molar-refractivity contribution in [1.82, 2.24) is 0 Å². The van der Waals surface area contributed by atoms with Crippen LogP contribution in [-0.2, 0) is 14.3 Å². The Morgan fingerprint density at radius 2 is 1.94 bits per heavy atom. The van der Waals surface area contributed by atoms with Crippen molar-refractivity contribution in [3.63, 3.8) is 0 Å². The van der Waals surface area contributed by atoms with Gasteiger partial charge in [0, 0.05) is 10.8 Å². The first-order valence-corrected chi connectivity index (χ1v) is 6.29. The molecule has 16 heavy (non-hydrogen) atoms. The SMILES string of the molecule is CSc1cccc(C2CC(=O)OC(=O)C2)c1. The first kappa shape index (κ1) is 11.2. The second-order valence-corrected chi connectivity index (χ2v) is 4.61. The molecule has 0 atom stereocenters. The molecule has 1 saturated heterocycles. The zero-order chi connectivity index (χ0) is 11.5. The molecule has 0 amide bonds. The van der Waals surface area contributed by atoms with E-state index in [0.29, 0.717) is 12.8 Å². The normalized spacial score (nSPS) is 17.3. The molecule has 2 rings (SSSR count). The standard InChI is InChI=1S/C12H12O3S/c1-16-10-4-2-3-8(5-10)9-6-11(13)15-12(14)7-9/h2-5,9H,6-7H2,1H3. The van der Waals surface area contributed by atoms with Crippen molar-refractivity contribution in [2.24, 2.45) is 0 Å². The van der Waals surface area contributed by atoms with Gasteiger partial charge in [-0.1, -0.05) is 12.1 Å². The number of hydrogen-bond acceptors (Lipinski definition) is 4.